The molecule has 0 spiro atoms. The van der Waals surface area contributed by atoms with Crippen LogP contribution in [0.2, 0.25) is 0 Å². The van der Waals surface area contributed by atoms with Gasteiger partial charge in [-0.2, -0.15) is 10.4 Å². The molecule has 2 aromatic heterocycles. The molecule has 1 aliphatic heterocycles. The number of aromatic nitrogens is 3. The fourth-order valence-corrected chi connectivity index (χ4v) is 3.69. The summed E-state index contributed by atoms with van der Waals surface area (Å²) in [6.45, 7) is 3.73. The number of hydrogen-bond donors (Lipinski definition) is 2. The third-order valence-electron chi connectivity index (χ3n) is 5.38. The summed E-state index contributed by atoms with van der Waals surface area (Å²) in [4.78, 5) is 4.25. The van der Waals surface area contributed by atoms with Crippen molar-refractivity contribution in [1.82, 2.24) is 20.1 Å². The number of nitrogen functional groups attached to an aromatic ring is 1. The Labute approximate surface area is 174 Å². The Bertz CT molecular complexity index is 1080. The summed E-state index contributed by atoms with van der Waals surface area (Å²) in [5.74, 6) is 0.179. The molecule has 3 aromatic rings. The molecule has 1 fully saturated rings. The average molecular weight is 406 g/mol. The molecule has 7 nitrogen and oxygen atoms in total. The van der Waals surface area contributed by atoms with E-state index in [1.54, 1.807) is 19.2 Å². The van der Waals surface area contributed by atoms with Crippen molar-refractivity contribution in [3.63, 3.8) is 0 Å². The van der Waals surface area contributed by atoms with Crippen LogP contribution in [0.25, 0.3) is 11.1 Å². The van der Waals surface area contributed by atoms with E-state index in [0.717, 1.165) is 37.1 Å². The second-order valence-electron chi connectivity index (χ2n) is 7.40. The zero-order valence-corrected chi connectivity index (χ0v) is 16.7. The standard InChI is InChI=1S/C22H23FN6O/c1-14(20-9-18(23)3-2-15(20)10-24)30-21-8-16(11-27-22(21)25)17-12-28-29(13-17)19-4-6-26-7-5-19/h2-3,8-9,11-14,19,26H,4-7H2,1H3,(H2,25,27). The van der Waals surface area contributed by atoms with Crippen LogP contribution in [0.1, 0.15) is 43.0 Å². The molecule has 0 bridgehead atoms. The van der Waals surface area contributed by atoms with E-state index in [4.69, 9.17) is 10.5 Å². The van der Waals surface area contributed by atoms with Crippen LogP contribution in [-0.2, 0) is 0 Å². The molecule has 0 amide bonds. The van der Waals surface area contributed by atoms with Crippen LogP contribution in [-0.4, -0.2) is 27.9 Å². The summed E-state index contributed by atoms with van der Waals surface area (Å²) in [5, 5.41) is 17.2. The van der Waals surface area contributed by atoms with E-state index in [9.17, 15) is 9.65 Å². The highest BCUT2D eigenvalue weighted by atomic mass is 19.1. The van der Waals surface area contributed by atoms with Crippen molar-refractivity contribution in [2.75, 3.05) is 18.8 Å². The van der Waals surface area contributed by atoms with Gasteiger partial charge in [0.15, 0.2) is 11.6 Å². The Hall–Kier alpha value is -3.44. The molecular weight excluding hydrogens is 383 g/mol. The van der Waals surface area contributed by atoms with Crippen LogP contribution in [0.15, 0.2) is 42.9 Å². The van der Waals surface area contributed by atoms with Gasteiger partial charge in [0.2, 0.25) is 0 Å². The third kappa shape index (κ3) is 4.11. The Morgan fingerprint density at radius 1 is 1.27 bits per heavy atom. The van der Waals surface area contributed by atoms with Crippen molar-refractivity contribution in [3.8, 4) is 22.9 Å². The van der Waals surface area contributed by atoms with Crippen molar-refractivity contribution in [3.05, 3.63) is 59.8 Å². The third-order valence-corrected chi connectivity index (χ3v) is 5.38. The molecule has 1 unspecified atom stereocenters. The van der Waals surface area contributed by atoms with Gasteiger partial charge in [-0.25, -0.2) is 9.37 Å². The topological polar surface area (TPSA) is 102 Å². The molecule has 1 saturated heterocycles. The summed E-state index contributed by atoms with van der Waals surface area (Å²) in [6, 6.07) is 8.25. The van der Waals surface area contributed by atoms with Gasteiger partial charge in [0.1, 0.15) is 11.9 Å². The summed E-state index contributed by atoms with van der Waals surface area (Å²) >= 11 is 0. The predicted molar refractivity (Wildman–Crippen MR) is 111 cm³/mol. The highest BCUT2D eigenvalue weighted by molar-refractivity contribution is 5.66. The Morgan fingerprint density at radius 2 is 2.07 bits per heavy atom. The van der Waals surface area contributed by atoms with Crippen molar-refractivity contribution in [2.24, 2.45) is 0 Å². The number of nitriles is 1. The molecule has 0 saturated carbocycles. The van der Waals surface area contributed by atoms with Gasteiger partial charge in [-0.1, -0.05) is 0 Å². The molecule has 1 aliphatic rings. The molecule has 1 atom stereocenters. The fourth-order valence-electron chi connectivity index (χ4n) is 3.69. The van der Waals surface area contributed by atoms with Crippen LogP contribution in [0.4, 0.5) is 10.2 Å². The summed E-state index contributed by atoms with van der Waals surface area (Å²) in [7, 11) is 0. The van der Waals surface area contributed by atoms with Gasteiger partial charge < -0.3 is 15.8 Å². The van der Waals surface area contributed by atoms with Gasteiger partial charge in [-0.15, -0.1) is 0 Å². The Morgan fingerprint density at radius 3 is 2.83 bits per heavy atom. The Kier molecular flexibility index (Phi) is 5.63. The van der Waals surface area contributed by atoms with Crippen LogP contribution in [0.5, 0.6) is 5.75 Å². The van der Waals surface area contributed by atoms with Crippen LogP contribution in [0, 0.1) is 17.1 Å². The molecule has 0 aliphatic carbocycles. The van der Waals surface area contributed by atoms with Crippen molar-refractivity contribution in [1.29, 1.82) is 5.26 Å². The molecule has 3 heterocycles. The van der Waals surface area contributed by atoms with Crippen molar-refractivity contribution in [2.45, 2.75) is 31.9 Å². The number of rotatable bonds is 5. The van der Waals surface area contributed by atoms with Crippen LogP contribution < -0.4 is 15.8 Å². The van der Waals surface area contributed by atoms with E-state index in [1.807, 2.05) is 17.1 Å². The lowest BCUT2D eigenvalue weighted by atomic mass is 10.0. The SMILES string of the molecule is CC(Oc1cc(-c2cnn(C3CCNCC3)c2)cnc1N)c1cc(F)ccc1C#N. The molecule has 0 radical (unpaired) electrons. The van der Waals surface area contributed by atoms with Crippen LogP contribution in [0.3, 0.4) is 0 Å². The molecular formula is C22H23FN6O. The second kappa shape index (κ2) is 8.51. The molecule has 30 heavy (non-hydrogen) atoms. The van der Waals surface area contributed by atoms with E-state index >= 15 is 0 Å². The lowest BCUT2D eigenvalue weighted by Crippen LogP contribution is -2.29. The van der Waals surface area contributed by atoms with Gasteiger partial charge in [0, 0.05) is 29.1 Å². The van der Waals surface area contributed by atoms with Gasteiger partial charge in [-0.3, -0.25) is 4.68 Å². The van der Waals surface area contributed by atoms with E-state index < -0.39 is 11.9 Å². The number of nitrogens with two attached hydrogens (primary N) is 1. The number of ether oxygens (including phenoxy) is 1. The first kappa shape index (κ1) is 19.9. The number of nitrogens with zero attached hydrogens (tertiary/aromatic N) is 4. The maximum Gasteiger partial charge on any atom is 0.166 e. The first-order chi connectivity index (χ1) is 14.5. The maximum absolute atomic E-state index is 13.7. The first-order valence-electron chi connectivity index (χ1n) is 9.92. The smallest absolute Gasteiger partial charge is 0.166 e. The van der Waals surface area contributed by atoms with Gasteiger partial charge >= 0.3 is 0 Å². The minimum atomic E-state index is -0.577. The maximum atomic E-state index is 13.7. The quantitative estimate of drug-likeness (QED) is 0.671. The number of pyridine rings is 1. The highest BCUT2D eigenvalue weighted by Crippen LogP contribution is 2.32. The summed E-state index contributed by atoms with van der Waals surface area (Å²) < 4.78 is 21.7. The van der Waals surface area contributed by atoms with Crippen LogP contribution >= 0.6 is 0 Å². The average Bonchev–Trinajstić information content (AvgIpc) is 3.26. The highest BCUT2D eigenvalue weighted by Gasteiger charge is 2.18. The number of anilines is 1. The largest absolute Gasteiger partial charge is 0.482 e. The lowest BCUT2D eigenvalue weighted by Gasteiger charge is -2.22. The number of hydrogen-bond acceptors (Lipinski definition) is 6. The first-order valence-corrected chi connectivity index (χ1v) is 9.92. The zero-order chi connectivity index (χ0) is 21.1. The minimum absolute atomic E-state index is 0.228. The summed E-state index contributed by atoms with van der Waals surface area (Å²) in [6.07, 6.45) is 7.01. The number of halogens is 1. The second-order valence-corrected chi connectivity index (χ2v) is 7.40. The van der Waals surface area contributed by atoms with E-state index in [1.165, 1.54) is 18.2 Å². The zero-order valence-electron chi connectivity index (χ0n) is 16.7. The minimum Gasteiger partial charge on any atom is -0.482 e. The molecule has 1 aromatic carbocycles. The van der Waals surface area contributed by atoms with Crippen molar-refractivity contribution >= 4 is 5.82 Å². The Balaban J connectivity index is 1.58. The number of nitrogens with one attached hydrogen (secondary N) is 1. The van der Waals surface area contributed by atoms with Gasteiger partial charge in [-0.05, 0) is 57.1 Å². The molecule has 4 rings (SSSR count). The monoisotopic (exact) mass is 406 g/mol. The summed E-state index contributed by atoms with van der Waals surface area (Å²) in [5.41, 5.74) is 8.57. The molecule has 8 heteroatoms. The lowest BCUT2D eigenvalue weighted by molar-refractivity contribution is 0.227. The number of benzene rings is 1. The molecule has 3 N–H and O–H groups in total. The fraction of sp³-hybridized carbons (Fsp3) is 0.318. The van der Waals surface area contributed by atoms with Crippen molar-refractivity contribution < 1.29 is 9.13 Å². The number of piperidine rings is 1. The van der Waals surface area contributed by atoms with E-state index in [0.29, 0.717) is 22.9 Å². The normalized spacial score (nSPS) is 15.5. The van der Waals surface area contributed by atoms with E-state index in [-0.39, 0.29) is 5.82 Å². The molecule has 154 valence electrons. The van der Waals surface area contributed by atoms with Gasteiger partial charge in [0.05, 0.1) is 23.9 Å². The van der Waals surface area contributed by atoms with E-state index in [2.05, 4.69) is 21.5 Å². The predicted octanol–water partition coefficient (Wildman–Crippen LogP) is 3.60. The van der Waals surface area contributed by atoms with Gasteiger partial charge in [0.25, 0.3) is 0 Å².